The second-order valence-corrected chi connectivity index (χ2v) is 6.89. The van der Waals surface area contributed by atoms with Crippen LogP contribution >= 0.6 is 0 Å². The van der Waals surface area contributed by atoms with Gasteiger partial charge in [0.15, 0.2) is 0 Å². The first-order valence-electron chi connectivity index (χ1n) is 6.59. The summed E-state index contributed by atoms with van der Waals surface area (Å²) in [6.07, 6.45) is 5.32. The number of carbonyl (C=O) groups is 1. The van der Waals surface area contributed by atoms with Gasteiger partial charge >= 0.3 is 0 Å². The summed E-state index contributed by atoms with van der Waals surface area (Å²) in [5.41, 5.74) is 1.53. The molecular formula is C14H23NO. The van der Waals surface area contributed by atoms with E-state index < -0.39 is 0 Å². The minimum atomic E-state index is 0.194. The third kappa shape index (κ3) is 0.848. The number of ketones is 1. The Kier molecular flexibility index (Phi) is 1.83. The van der Waals surface area contributed by atoms with Gasteiger partial charge in [-0.15, -0.1) is 0 Å². The zero-order valence-corrected chi connectivity index (χ0v) is 11.0. The molecule has 2 nitrogen and oxygen atoms in total. The summed E-state index contributed by atoms with van der Waals surface area (Å²) in [4.78, 5) is 14.0. The van der Waals surface area contributed by atoms with E-state index in [1.54, 1.807) is 6.92 Å². The van der Waals surface area contributed by atoms with Gasteiger partial charge in [0, 0.05) is 6.54 Å². The molecule has 1 aliphatic heterocycles. The number of rotatable bonds is 1. The summed E-state index contributed by atoms with van der Waals surface area (Å²) in [5, 5.41) is 0. The normalized spacial score (nSPS) is 43.6. The molecule has 0 radical (unpaired) electrons. The van der Waals surface area contributed by atoms with Crippen molar-refractivity contribution in [3.63, 3.8) is 0 Å². The summed E-state index contributed by atoms with van der Waals surface area (Å²) in [6.45, 7) is 7.76. The van der Waals surface area contributed by atoms with Crippen LogP contribution in [0.25, 0.3) is 0 Å². The molecule has 2 heteroatoms. The first-order valence-corrected chi connectivity index (χ1v) is 6.59. The van der Waals surface area contributed by atoms with Crippen molar-refractivity contribution in [2.75, 3.05) is 13.6 Å². The predicted octanol–water partition coefficient (Wildman–Crippen LogP) is 2.48. The summed E-state index contributed by atoms with van der Waals surface area (Å²) in [6, 6.07) is 0.194. The van der Waals surface area contributed by atoms with Gasteiger partial charge in [0.2, 0.25) is 0 Å². The Morgan fingerprint density at radius 3 is 2.19 bits per heavy atom. The highest BCUT2D eigenvalue weighted by molar-refractivity contribution is 5.82. The fourth-order valence-electron chi connectivity index (χ4n) is 5.23. The molecule has 0 amide bonds. The molecule has 2 aliphatic carbocycles. The Morgan fingerprint density at radius 1 is 1.25 bits per heavy atom. The number of nitrogens with zero attached hydrogens (tertiary/aromatic N) is 1. The summed E-state index contributed by atoms with van der Waals surface area (Å²) < 4.78 is 0. The second-order valence-electron chi connectivity index (χ2n) is 6.89. The van der Waals surface area contributed by atoms with Gasteiger partial charge in [-0.05, 0) is 49.5 Å². The first kappa shape index (κ1) is 10.8. The monoisotopic (exact) mass is 221 g/mol. The Bertz CT molecular complexity index is 356. The Hall–Kier alpha value is -0.370. The lowest BCUT2D eigenvalue weighted by Gasteiger charge is -2.32. The van der Waals surface area contributed by atoms with Crippen LogP contribution in [-0.4, -0.2) is 30.3 Å². The van der Waals surface area contributed by atoms with Crippen molar-refractivity contribution in [1.82, 2.24) is 4.90 Å². The number of likely N-dealkylation sites (N-methyl/N-ethyl adjacent to an activating group) is 1. The van der Waals surface area contributed by atoms with Crippen LogP contribution in [0, 0.1) is 16.2 Å². The summed E-state index contributed by atoms with van der Waals surface area (Å²) >= 11 is 0. The molecule has 90 valence electrons. The Balaban J connectivity index is 1.91. The number of fused-ring (bicyclic) bond motifs is 1. The van der Waals surface area contributed by atoms with Gasteiger partial charge in [-0.2, -0.15) is 0 Å². The van der Waals surface area contributed by atoms with Crippen molar-refractivity contribution in [1.29, 1.82) is 0 Å². The third-order valence-corrected chi connectivity index (χ3v) is 6.52. The molecule has 3 aliphatic rings. The van der Waals surface area contributed by atoms with Crippen LogP contribution in [-0.2, 0) is 4.79 Å². The van der Waals surface area contributed by atoms with Crippen LogP contribution in [0.4, 0.5) is 0 Å². The SMILES string of the molecule is CC(=O)[C@@H]1C[C@]2(CN1C)C(C)(C)C21CCC1. The van der Waals surface area contributed by atoms with Crippen molar-refractivity contribution < 1.29 is 4.79 Å². The van der Waals surface area contributed by atoms with Crippen molar-refractivity contribution in [2.24, 2.45) is 16.2 Å². The van der Waals surface area contributed by atoms with E-state index in [0.717, 1.165) is 13.0 Å². The molecule has 1 saturated heterocycles. The fraction of sp³-hybridized carbons (Fsp3) is 0.929. The van der Waals surface area contributed by atoms with Crippen molar-refractivity contribution >= 4 is 5.78 Å². The maximum absolute atomic E-state index is 11.7. The van der Waals surface area contributed by atoms with Crippen molar-refractivity contribution in [3.8, 4) is 0 Å². The van der Waals surface area contributed by atoms with Crippen LogP contribution in [0.2, 0.25) is 0 Å². The molecule has 0 bridgehead atoms. The lowest BCUT2D eigenvalue weighted by molar-refractivity contribution is -0.120. The van der Waals surface area contributed by atoms with Crippen LogP contribution < -0.4 is 0 Å². The molecule has 0 N–H and O–H groups in total. The summed E-state index contributed by atoms with van der Waals surface area (Å²) in [5.74, 6) is 0.358. The molecule has 3 fully saturated rings. The zero-order chi connectivity index (χ0) is 11.8. The average molecular weight is 221 g/mol. The van der Waals surface area contributed by atoms with E-state index in [0.29, 0.717) is 22.0 Å². The molecule has 0 aromatic rings. The van der Waals surface area contributed by atoms with E-state index in [1.807, 2.05) is 0 Å². The maximum atomic E-state index is 11.7. The fourth-order valence-corrected chi connectivity index (χ4v) is 5.23. The van der Waals surface area contributed by atoms with Gasteiger partial charge in [-0.3, -0.25) is 9.69 Å². The van der Waals surface area contributed by atoms with E-state index in [9.17, 15) is 4.79 Å². The zero-order valence-electron chi connectivity index (χ0n) is 11.0. The van der Waals surface area contributed by atoms with Crippen LogP contribution in [0.1, 0.15) is 46.5 Å². The number of hydrogen-bond acceptors (Lipinski definition) is 2. The van der Waals surface area contributed by atoms with E-state index in [4.69, 9.17) is 0 Å². The minimum absolute atomic E-state index is 0.194. The standard InChI is InChI=1S/C14H23NO/c1-10(16)11-8-14(9-15(11)4)12(2,3)13(14)6-5-7-13/h11H,5-9H2,1-4H3/t11-,14-/m0/s1. The molecule has 0 aromatic heterocycles. The van der Waals surface area contributed by atoms with Gasteiger partial charge in [0.1, 0.15) is 5.78 Å². The molecule has 3 rings (SSSR count). The van der Waals surface area contributed by atoms with Crippen LogP contribution in [0.3, 0.4) is 0 Å². The van der Waals surface area contributed by atoms with Gasteiger partial charge < -0.3 is 0 Å². The highest BCUT2D eigenvalue weighted by Gasteiger charge is 2.84. The molecule has 0 unspecified atom stereocenters. The second kappa shape index (κ2) is 2.72. The smallest absolute Gasteiger partial charge is 0.146 e. The molecule has 0 aromatic carbocycles. The molecule has 2 atom stereocenters. The maximum Gasteiger partial charge on any atom is 0.146 e. The molecule has 2 saturated carbocycles. The van der Waals surface area contributed by atoms with Gasteiger partial charge in [0.25, 0.3) is 0 Å². The largest absolute Gasteiger partial charge is 0.298 e. The molecular weight excluding hydrogens is 198 g/mol. The first-order chi connectivity index (χ1) is 7.38. The van der Waals surface area contributed by atoms with Crippen LogP contribution in [0.15, 0.2) is 0 Å². The van der Waals surface area contributed by atoms with E-state index in [1.165, 1.54) is 19.3 Å². The highest BCUT2D eigenvalue weighted by Crippen LogP contribution is 2.88. The Morgan fingerprint density at radius 2 is 1.88 bits per heavy atom. The lowest BCUT2D eigenvalue weighted by Crippen LogP contribution is -2.31. The van der Waals surface area contributed by atoms with Crippen LogP contribution in [0.5, 0.6) is 0 Å². The van der Waals surface area contributed by atoms with Crippen molar-refractivity contribution in [3.05, 3.63) is 0 Å². The minimum Gasteiger partial charge on any atom is -0.298 e. The van der Waals surface area contributed by atoms with Gasteiger partial charge in [0.05, 0.1) is 6.04 Å². The van der Waals surface area contributed by atoms with Gasteiger partial charge in [-0.25, -0.2) is 0 Å². The van der Waals surface area contributed by atoms with E-state index >= 15 is 0 Å². The van der Waals surface area contributed by atoms with Gasteiger partial charge in [-0.1, -0.05) is 20.3 Å². The number of likely N-dealkylation sites (tertiary alicyclic amines) is 1. The quantitative estimate of drug-likeness (QED) is 0.678. The number of Topliss-reactive ketones (excluding diaryl/α,β-unsaturated/α-hetero) is 1. The number of hydrogen-bond donors (Lipinski definition) is 0. The predicted molar refractivity (Wildman–Crippen MR) is 64.2 cm³/mol. The summed E-state index contributed by atoms with van der Waals surface area (Å²) in [7, 11) is 2.13. The van der Waals surface area contributed by atoms with E-state index in [-0.39, 0.29) is 6.04 Å². The van der Waals surface area contributed by atoms with E-state index in [2.05, 4.69) is 25.8 Å². The number of carbonyl (C=O) groups excluding carboxylic acids is 1. The molecule has 16 heavy (non-hydrogen) atoms. The van der Waals surface area contributed by atoms with Crippen molar-refractivity contribution in [2.45, 2.75) is 52.5 Å². The lowest BCUT2D eigenvalue weighted by atomic mass is 9.73. The molecule has 1 heterocycles. The average Bonchev–Trinajstić information content (AvgIpc) is 2.38. The third-order valence-electron chi connectivity index (χ3n) is 6.52. The molecule has 2 spiro atoms. The Labute approximate surface area is 98.4 Å². The highest BCUT2D eigenvalue weighted by atomic mass is 16.1. The topological polar surface area (TPSA) is 20.3 Å².